The van der Waals surface area contributed by atoms with Crippen LogP contribution in [0.4, 0.5) is 5.69 Å². The molecule has 0 spiro atoms. The third kappa shape index (κ3) is 2.69. The predicted octanol–water partition coefficient (Wildman–Crippen LogP) is 2.70. The van der Waals surface area contributed by atoms with Gasteiger partial charge in [-0.15, -0.1) is 0 Å². The lowest BCUT2D eigenvalue weighted by Crippen LogP contribution is -2.40. The number of nitrogens with two attached hydrogens (primary N) is 1. The lowest BCUT2D eigenvalue weighted by atomic mass is 9.97. The van der Waals surface area contributed by atoms with Crippen molar-refractivity contribution in [2.45, 2.75) is 44.9 Å². The van der Waals surface area contributed by atoms with E-state index in [-0.39, 0.29) is 0 Å². The first kappa shape index (κ1) is 15.3. The Morgan fingerprint density at radius 2 is 2.05 bits per heavy atom. The van der Waals surface area contributed by atoms with E-state index < -0.39 is 10.0 Å². The summed E-state index contributed by atoms with van der Waals surface area (Å²) in [7, 11) is -3.44. The molecule has 2 N–H and O–H groups in total. The van der Waals surface area contributed by atoms with Gasteiger partial charge in [-0.05, 0) is 49.8 Å². The fraction of sp³-hybridized carbons (Fsp3) is 0.600. The summed E-state index contributed by atoms with van der Waals surface area (Å²) in [5.74, 6) is 0.472. The van der Waals surface area contributed by atoms with Gasteiger partial charge in [0.2, 0.25) is 10.0 Å². The molecule has 1 aliphatic heterocycles. The van der Waals surface area contributed by atoms with E-state index in [4.69, 9.17) is 5.73 Å². The molecule has 20 heavy (non-hydrogen) atoms. The number of nitrogens with zero attached hydrogens (tertiary/aromatic N) is 1. The molecule has 5 heteroatoms. The second kappa shape index (κ2) is 5.74. The van der Waals surface area contributed by atoms with Crippen molar-refractivity contribution < 1.29 is 8.42 Å². The molecule has 1 aromatic carbocycles. The number of nitrogen functional groups attached to an aromatic ring is 1. The van der Waals surface area contributed by atoms with Crippen LogP contribution in [0.1, 0.15) is 37.3 Å². The number of sulfonamides is 1. The van der Waals surface area contributed by atoms with Crippen LogP contribution in [0.15, 0.2) is 17.0 Å². The number of hydrogen-bond donors (Lipinski definition) is 1. The molecule has 1 aromatic rings. The Morgan fingerprint density at radius 3 is 2.70 bits per heavy atom. The Labute approximate surface area is 122 Å². The van der Waals surface area contributed by atoms with Gasteiger partial charge in [-0.3, -0.25) is 0 Å². The molecule has 0 aliphatic carbocycles. The number of anilines is 1. The van der Waals surface area contributed by atoms with Crippen LogP contribution in [0.25, 0.3) is 0 Å². The molecule has 4 nitrogen and oxygen atoms in total. The van der Waals surface area contributed by atoms with E-state index in [1.807, 2.05) is 6.92 Å². The van der Waals surface area contributed by atoms with E-state index in [9.17, 15) is 8.42 Å². The third-order valence-corrected chi connectivity index (χ3v) is 6.46. The molecule has 0 bridgehead atoms. The van der Waals surface area contributed by atoms with E-state index >= 15 is 0 Å². The Bertz CT molecular complexity index is 596. The molecular weight excluding hydrogens is 272 g/mol. The van der Waals surface area contributed by atoms with Crippen molar-refractivity contribution >= 4 is 15.7 Å². The number of aryl methyl sites for hydroxylation is 1. The lowest BCUT2D eigenvalue weighted by Gasteiger charge is -2.32. The Hall–Kier alpha value is -1.07. The predicted molar refractivity (Wildman–Crippen MR) is 82.1 cm³/mol. The van der Waals surface area contributed by atoms with E-state index in [0.717, 1.165) is 24.8 Å². The molecule has 1 aliphatic rings. The van der Waals surface area contributed by atoms with Crippen molar-refractivity contribution in [3.05, 3.63) is 23.3 Å². The molecular formula is C15H24N2O2S. The van der Waals surface area contributed by atoms with Gasteiger partial charge in [0.05, 0.1) is 4.90 Å². The van der Waals surface area contributed by atoms with Gasteiger partial charge in [0.25, 0.3) is 0 Å². The van der Waals surface area contributed by atoms with Crippen molar-refractivity contribution in [3.8, 4) is 0 Å². The van der Waals surface area contributed by atoms with Gasteiger partial charge >= 0.3 is 0 Å². The number of benzene rings is 1. The fourth-order valence-corrected chi connectivity index (χ4v) is 4.96. The second-order valence-electron chi connectivity index (χ2n) is 5.71. The summed E-state index contributed by atoms with van der Waals surface area (Å²) in [6.45, 7) is 6.99. The van der Waals surface area contributed by atoms with Crippen molar-refractivity contribution in [2.75, 3.05) is 18.8 Å². The smallest absolute Gasteiger partial charge is 0.243 e. The lowest BCUT2D eigenvalue weighted by molar-refractivity contribution is 0.261. The Balaban J connectivity index is 2.43. The van der Waals surface area contributed by atoms with Gasteiger partial charge in [0.15, 0.2) is 0 Å². The second-order valence-corrected chi connectivity index (χ2v) is 7.58. The largest absolute Gasteiger partial charge is 0.398 e. The summed E-state index contributed by atoms with van der Waals surface area (Å²) in [6.07, 6.45) is 3.09. The first-order chi connectivity index (χ1) is 9.37. The summed E-state index contributed by atoms with van der Waals surface area (Å²) < 4.78 is 27.5. The maximum Gasteiger partial charge on any atom is 0.243 e. The first-order valence-electron chi connectivity index (χ1n) is 7.23. The zero-order valence-electron chi connectivity index (χ0n) is 12.5. The maximum absolute atomic E-state index is 12.9. The van der Waals surface area contributed by atoms with E-state index in [0.29, 0.717) is 35.2 Å². The average Bonchev–Trinajstić information content (AvgIpc) is 2.43. The highest BCUT2D eigenvalue weighted by atomic mass is 32.2. The molecule has 1 atom stereocenters. The van der Waals surface area contributed by atoms with E-state index in [1.54, 1.807) is 23.4 Å². The van der Waals surface area contributed by atoms with E-state index in [2.05, 4.69) is 6.92 Å². The van der Waals surface area contributed by atoms with Gasteiger partial charge in [-0.2, -0.15) is 4.31 Å². The Kier molecular flexibility index (Phi) is 4.39. The van der Waals surface area contributed by atoms with Crippen LogP contribution < -0.4 is 5.73 Å². The zero-order chi connectivity index (χ0) is 14.9. The summed E-state index contributed by atoms with van der Waals surface area (Å²) in [5, 5.41) is 0. The van der Waals surface area contributed by atoms with Crippen LogP contribution >= 0.6 is 0 Å². The maximum atomic E-state index is 12.9. The number of rotatable bonds is 3. The van der Waals surface area contributed by atoms with Crippen molar-refractivity contribution in [1.29, 1.82) is 0 Å². The number of hydrogen-bond acceptors (Lipinski definition) is 3. The van der Waals surface area contributed by atoms with Crippen LogP contribution in [0.5, 0.6) is 0 Å². The summed E-state index contributed by atoms with van der Waals surface area (Å²) in [4.78, 5) is 0.397. The van der Waals surface area contributed by atoms with Crippen LogP contribution in [-0.4, -0.2) is 25.8 Å². The highest BCUT2D eigenvalue weighted by Gasteiger charge is 2.32. The minimum Gasteiger partial charge on any atom is -0.398 e. The molecule has 112 valence electrons. The fourth-order valence-electron chi connectivity index (χ4n) is 2.95. The summed E-state index contributed by atoms with van der Waals surface area (Å²) in [5.41, 5.74) is 7.87. The quantitative estimate of drug-likeness (QED) is 0.872. The van der Waals surface area contributed by atoms with Gasteiger partial charge in [0, 0.05) is 18.8 Å². The normalized spacial score (nSPS) is 21.1. The summed E-state index contributed by atoms with van der Waals surface area (Å²) in [6, 6.07) is 3.56. The molecule has 1 unspecified atom stereocenters. The topological polar surface area (TPSA) is 63.4 Å². The van der Waals surface area contributed by atoms with Crippen LogP contribution in [0.3, 0.4) is 0 Å². The summed E-state index contributed by atoms with van der Waals surface area (Å²) >= 11 is 0. The van der Waals surface area contributed by atoms with Crippen LogP contribution in [-0.2, 0) is 10.0 Å². The molecule has 0 amide bonds. The van der Waals surface area contributed by atoms with Gasteiger partial charge in [-0.1, -0.05) is 19.4 Å². The minimum atomic E-state index is -3.44. The molecule has 1 fully saturated rings. The standard InChI is InChI=1S/C15H24N2O2S/c1-4-13-6-5-9-17(10-13)20(18,19)15-11(2)7-8-14(16)12(15)3/h7-8,13H,4-6,9-10,16H2,1-3H3. The molecule has 2 rings (SSSR count). The molecule has 1 saturated heterocycles. The van der Waals surface area contributed by atoms with Crippen LogP contribution in [0, 0.1) is 19.8 Å². The molecule has 0 aromatic heterocycles. The van der Waals surface area contributed by atoms with E-state index in [1.165, 1.54) is 0 Å². The van der Waals surface area contributed by atoms with Crippen molar-refractivity contribution in [2.24, 2.45) is 5.92 Å². The van der Waals surface area contributed by atoms with Gasteiger partial charge < -0.3 is 5.73 Å². The number of piperidine rings is 1. The molecule has 0 saturated carbocycles. The molecule has 0 radical (unpaired) electrons. The minimum absolute atomic E-state index is 0.397. The monoisotopic (exact) mass is 296 g/mol. The molecule has 1 heterocycles. The van der Waals surface area contributed by atoms with Gasteiger partial charge in [-0.25, -0.2) is 8.42 Å². The highest BCUT2D eigenvalue weighted by molar-refractivity contribution is 7.89. The highest BCUT2D eigenvalue weighted by Crippen LogP contribution is 2.30. The average molecular weight is 296 g/mol. The SMILES string of the molecule is CCC1CCCN(S(=O)(=O)c2c(C)ccc(N)c2C)C1. The van der Waals surface area contributed by atoms with Crippen LogP contribution in [0.2, 0.25) is 0 Å². The third-order valence-electron chi connectivity index (χ3n) is 4.30. The van der Waals surface area contributed by atoms with Crippen molar-refractivity contribution in [1.82, 2.24) is 4.31 Å². The van der Waals surface area contributed by atoms with Crippen molar-refractivity contribution in [3.63, 3.8) is 0 Å². The zero-order valence-corrected chi connectivity index (χ0v) is 13.3. The Morgan fingerprint density at radius 1 is 1.35 bits per heavy atom. The van der Waals surface area contributed by atoms with Gasteiger partial charge in [0.1, 0.15) is 0 Å². The first-order valence-corrected chi connectivity index (χ1v) is 8.67.